The van der Waals surface area contributed by atoms with E-state index in [4.69, 9.17) is 4.42 Å². The largest absolute Gasteiger partial charge is 0.422 e. The van der Waals surface area contributed by atoms with E-state index in [1.165, 1.54) is 6.92 Å². The molecule has 0 fully saturated rings. The first-order valence-electron chi connectivity index (χ1n) is 6.76. The van der Waals surface area contributed by atoms with Gasteiger partial charge in [-0.2, -0.15) is 0 Å². The number of carbonyl (C=O) groups is 1. The molecule has 2 aromatic carbocycles. The third-order valence-corrected chi connectivity index (χ3v) is 3.40. The van der Waals surface area contributed by atoms with Crippen LogP contribution in [0.15, 0.2) is 63.8 Å². The smallest absolute Gasteiger partial charge is 0.340 e. The Labute approximate surface area is 121 Å². The summed E-state index contributed by atoms with van der Waals surface area (Å²) >= 11 is 0. The van der Waals surface area contributed by atoms with Gasteiger partial charge in [-0.05, 0) is 18.6 Å². The Kier molecular flexibility index (Phi) is 3.40. The highest BCUT2D eigenvalue weighted by Crippen LogP contribution is 2.30. The number of para-hydroxylation sites is 1. The van der Waals surface area contributed by atoms with Crippen molar-refractivity contribution in [2.24, 2.45) is 0 Å². The molecule has 21 heavy (non-hydrogen) atoms. The van der Waals surface area contributed by atoms with Crippen LogP contribution in [-0.4, -0.2) is 5.78 Å². The third-order valence-electron chi connectivity index (χ3n) is 3.40. The summed E-state index contributed by atoms with van der Waals surface area (Å²) in [5.74, 6) is -0.0604. The van der Waals surface area contributed by atoms with Crippen molar-refractivity contribution in [1.29, 1.82) is 0 Å². The van der Waals surface area contributed by atoms with Crippen LogP contribution in [0.5, 0.6) is 0 Å². The number of Topliss-reactive ketones (excluding diaryl/α,β-unsaturated/α-hetero) is 1. The van der Waals surface area contributed by atoms with E-state index in [1.54, 1.807) is 6.07 Å². The lowest BCUT2D eigenvalue weighted by Crippen LogP contribution is -2.13. The minimum atomic E-state index is -0.442. The monoisotopic (exact) mass is 278 g/mol. The fraction of sp³-hybridized carbons (Fsp3) is 0.111. The van der Waals surface area contributed by atoms with Gasteiger partial charge in [0.2, 0.25) is 0 Å². The molecule has 0 aliphatic rings. The fourth-order valence-corrected chi connectivity index (χ4v) is 2.53. The summed E-state index contributed by atoms with van der Waals surface area (Å²) in [4.78, 5) is 23.7. The van der Waals surface area contributed by atoms with Crippen LogP contribution in [0.1, 0.15) is 12.5 Å². The molecule has 0 bridgehead atoms. The zero-order valence-electron chi connectivity index (χ0n) is 11.6. The summed E-state index contributed by atoms with van der Waals surface area (Å²) in [7, 11) is 0. The van der Waals surface area contributed by atoms with Crippen molar-refractivity contribution in [3.05, 3.63) is 70.6 Å². The number of hydrogen-bond donors (Lipinski definition) is 0. The topological polar surface area (TPSA) is 47.3 Å². The molecule has 0 N–H and O–H groups in total. The lowest BCUT2D eigenvalue weighted by Gasteiger charge is -2.10. The van der Waals surface area contributed by atoms with Crippen molar-refractivity contribution >= 4 is 16.8 Å². The van der Waals surface area contributed by atoms with Gasteiger partial charge in [-0.25, -0.2) is 4.79 Å². The van der Waals surface area contributed by atoms with Crippen molar-refractivity contribution in [1.82, 2.24) is 0 Å². The Morgan fingerprint density at radius 2 is 1.67 bits per heavy atom. The molecule has 3 nitrogen and oxygen atoms in total. The number of fused-ring (bicyclic) bond motifs is 1. The first-order chi connectivity index (χ1) is 10.2. The lowest BCUT2D eigenvalue weighted by atomic mass is 9.95. The van der Waals surface area contributed by atoms with Gasteiger partial charge in [-0.15, -0.1) is 0 Å². The molecule has 1 heterocycles. The number of rotatable bonds is 3. The second-order valence-electron chi connectivity index (χ2n) is 4.98. The molecule has 0 aliphatic carbocycles. The van der Waals surface area contributed by atoms with E-state index in [-0.39, 0.29) is 12.2 Å². The van der Waals surface area contributed by atoms with Crippen LogP contribution in [0.25, 0.3) is 22.1 Å². The Hall–Kier alpha value is -2.68. The zero-order valence-corrected chi connectivity index (χ0v) is 11.6. The molecule has 0 saturated carbocycles. The van der Waals surface area contributed by atoms with E-state index >= 15 is 0 Å². The highest BCUT2D eigenvalue weighted by molar-refractivity contribution is 5.96. The Balaban J connectivity index is 2.42. The van der Waals surface area contributed by atoms with Gasteiger partial charge in [0, 0.05) is 17.4 Å². The van der Waals surface area contributed by atoms with Gasteiger partial charge in [-0.1, -0.05) is 48.5 Å². The van der Waals surface area contributed by atoms with Crippen LogP contribution >= 0.6 is 0 Å². The molecule has 1 aromatic heterocycles. The maximum Gasteiger partial charge on any atom is 0.340 e. The summed E-state index contributed by atoms with van der Waals surface area (Å²) < 4.78 is 5.35. The van der Waals surface area contributed by atoms with E-state index < -0.39 is 5.63 Å². The second kappa shape index (κ2) is 5.37. The van der Waals surface area contributed by atoms with Gasteiger partial charge in [-0.3, -0.25) is 4.79 Å². The van der Waals surface area contributed by atoms with E-state index in [1.807, 2.05) is 48.5 Å². The van der Waals surface area contributed by atoms with Gasteiger partial charge < -0.3 is 4.42 Å². The SMILES string of the molecule is CC(=O)Cc1c(-c2ccccc2)c2ccccc2oc1=O. The second-order valence-corrected chi connectivity index (χ2v) is 4.98. The fourth-order valence-electron chi connectivity index (χ4n) is 2.53. The molecule has 0 radical (unpaired) electrons. The molecule has 3 rings (SSSR count). The normalized spacial score (nSPS) is 10.7. The molecule has 0 unspecified atom stereocenters. The molecular formula is C18H14O3. The van der Waals surface area contributed by atoms with Gasteiger partial charge in [0.15, 0.2) is 0 Å². The maximum atomic E-state index is 12.2. The summed E-state index contributed by atoms with van der Waals surface area (Å²) in [6, 6.07) is 17.0. The van der Waals surface area contributed by atoms with Crippen LogP contribution in [0.2, 0.25) is 0 Å². The van der Waals surface area contributed by atoms with Crippen LogP contribution in [0, 0.1) is 0 Å². The predicted molar refractivity (Wildman–Crippen MR) is 82.3 cm³/mol. The Morgan fingerprint density at radius 3 is 2.38 bits per heavy atom. The lowest BCUT2D eigenvalue weighted by molar-refractivity contribution is -0.116. The molecule has 0 atom stereocenters. The van der Waals surface area contributed by atoms with E-state index in [0.29, 0.717) is 11.1 Å². The van der Waals surface area contributed by atoms with E-state index in [9.17, 15) is 9.59 Å². The summed E-state index contributed by atoms with van der Waals surface area (Å²) in [6.07, 6.45) is 0.0807. The molecule has 3 heteroatoms. The quantitative estimate of drug-likeness (QED) is 0.688. The number of benzene rings is 2. The molecule has 3 aromatic rings. The molecule has 0 amide bonds. The van der Waals surface area contributed by atoms with Crippen LogP contribution in [0.3, 0.4) is 0 Å². The minimum Gasteiger partial charge on any atom is -0.422 e. The molecule has 0 saturated heterocycles. The van der Waals surface area contributed by atoms with Crippen LogP contribution < -0.4 is 5.63 Å². The Bertz CT molecular complexity index is 861. The van der Waals surface area contributed by atoms with Crippen LogP contribution in [0.4, 0.5) is 0 Å². The molecular weight excluding hydrogens is 264 g/mol. The van der Waals surface area contributed by atoms with Gasteiger partial charge in [0.05, 0.1) is 5.56 Å². The summed E-state index contributed by atoms with van der Waals surface area (Å²) in [6.45, 7) is 1.48. The summed E-state index contributed by atoms with van der Waals surface area (Å²) in [5, 5.41) is 0.847. The highest BCUT2D eigenvalue weighted by atomic mass is 16.4. The first kappa shape index (κ1) is 13.3. The zero-order chi connectivity index (χ0) is 14.8. The third kappa shape index (κ3) is 2.50. The number of ketones is 1. The number of hydrogen-bond acceptors (Lipinski definition) is 3. The van der Waals surface area contributed by atoms with Gasteiger partial charge in [0.1, 0.15) is 11.4 Å². The maximum absolute atomic E-state index is 12.2. The van der Waals surface area contributed by atoms with Crippen LogP contribution in [-0.2, 0) is 11.2 Å². The predicted octanol–water partition coefficient (Wildman–Crippen LogP) is 3.59. The van der Waals surface area contributed by atoms with E-state index in [0.717, 1.165) is 16.5 Å². The first-order valence-corrected chi connectivity index (χ1v) is 6.76. The molecule has 104 valence electrons. The summed E-state index contributed by atoms with van der Waals surface area (Å²) in [5.41, 5.74) is 2.22. The van der Waals surface area contributed by atoms with E-state index in [2.05, 4.69) is 0 Å². The average Bonchev–Trinajstić information content (AvgIpc) is 2.48. The van der Waals surface area contributed by atoms with Gasteiger partial charge >= 0.3 is 5.63 Å². The number of carbonyl (C=O) groups excluding carboxylic acids is 1. The molecule has 0 spiro atoms. The van der Waals surface area contributed by atoms with Crippen molar-refractivity contribution < 1.29 is 9.21 Å². The van der Waals surface area contributed by atoms with Crippen molar-refractivity contribution in [3.63, 3.8) is 0 Å². The standard InChI is InChI=1S/C18H14O3/c1-12(19)11-15-17(13-7-3-2-4-8-13)14-9-5-6-10-16(14)21-18(15)20/h2-10H,11H2,1H3. The van der Waals surface area contributed by atoms with Crippen molar-refractivity contribution in [2.45, 2.75) is 13.3 Å². The van der Waals surface area contributed by atoms with Gasteiger partial charge in [0.25, 0.3) is 0 Å². The highest BCUT2D eigenvalue weighted by Gasteiger charge is 2.17. The Morgan fingerprint density at radius 1 is 1.00 bits per heavy atom. The van der Waals surface area contributed by atoms with Crippen molar-refractivity contribution in [2.75, 3.05) is 0 Å². The minimum absolute atomic E-state index is 0.0604. The van der Waals surface area contributed by atoms with Crippen molar-refractivity contribution in [3.8, 4) is 11.1 Å². The average molecular weight is 278 g/mol. The molecule has 0 aliphatic heterocycles.